The van der Waals surface area contributed by atoms with E-state index in [1.54, 1.807) is 24.5 Å². The molecule has 9 heteroatoms. The Bertz CT molecular complexity index is 1060. The second kappa shape index (κ2) is 9.86. The van der Waals surface area contributed by atoms with Crippen molar-refractivity contribution in [3.05, 3.63) is 60.9 Å². The number of H-pyrrole nitrogens is 1. The number of nitrogens with one attached hydrogen (secondary N) is 3. The van der Waals surface area contributed by atoms with Crippen LogP contribution in [0.3, 0.4) is 0 Å². The van der Waals surface area contributed by atoms with Crippen LogP contribution in [0.1, 0.15) is 19.3 Å². The zero-order chi connectivity index (χ0) is 22.3. The maximum absolute atomic E-state index is 12.4. The molecule has 0 radical (unpaired) electrons. The van der Waals surface area contributed by atoms with Crippen LogP contribution in [-0.4, -0.2) is 46.1 Å². The molecule has 3 aromatic rings. The maximum atomic E-state index is 12.4. The number of carboxylic acids is 1. The Balaban J connectivity index is 1.43. The molecule has 0 bridgehead atoms. The van der Waals surface area contributed by atoms with E-state index in [1.165, 1.54) is 0 Å². The molecule has 4 N–H and O–H groups in total. The normalized spacial score (nSPS) is 14.9. The number of aliphatic carboxylic acids is 1. The van der Waals surface area contributed by atoms with Gasteiger partial charge in [-0.2, -0.15) is 0 Å². The maximum Gasteiger partial charge on any atom is 0.307 e. The monoisotopic (exact) mass is 435 g/mol. The summed E-state index contributed by atoms with van der Waals surface area (Å²) in [5.74, 6) is 0.282. The summed E-state index contributed by atoms with van der Waals surface area (Å²) in [6.45, 7) is 1.03. The number of rotatable bonds is 9. The Kier molecular flexibility index (Phi) is 6.54. The average molecular weight is 435 g/mol. The number of anilines is 4. The third-order valence-corrected chi connectivity index (χ3v) is 5.05. The molecule has 2 heterocycles. The zero-order valence-corrected chi connectivity index (χ0v) is 17.5. The lowest BCUT2D eigenvalue weighted by Gasteiger charge is -2.36. The van der Waals surface area contributed by atoms with Crippen LogP contribution in [0.2, 0.25) is 0 Å². The van der Waals surface area contributed by atoms with E-state index in [9.17, 15) is 14.7 Å². The highest BCUT2D eigenvalue weighted by Gasteiger charge is 2.28. The zero-order valence-electron chi connectivity index (χ0n) is 17.5. The van der Waals surface area contributed by atoms with Gasteiger partial charge in [0.2, 0.25) is 5.91 Å². The quantitative estimate of drug-likeness (QED) is 0.379. The van der Waals surface area contributed by atoms with Crippen LogP contribution in [-0.2, 0) is 9.59 Å². The number of carbonyl (C=O) groups is 2. The molecule has 4 rings (SSSR count). The standard InChI is InChI=1S/C23H25N5O4/c29-21(7-4-10-24-23-25-11-12-26-23)27-16-8-9-20-19(13-16)28(17-5-2-1-3-6-17)15-18(32-20)14-22(30)31/h1-3,5-6,8-9,11-13,18H,4,7,10,14-15H2,(H,27,29)(H,30,31)(H2,24,25,26). The first-order valence-electron chi connectivity index (χ1n) is 10.5. The number of hydrogen-bond acceptors (Lipinski definition) is 6. The first-order chi connectivity index (χ1) is 15.6. The first-order valence-corrected chi connectivity index (χ1v) is 10.5. The fourth-order valence-electron chi connectivity index (χ4n) is 3.62. The van der Waals surface area contributed by atoms with Crippen molar-refractivity contribution in [3.63, 3.8) is 0 Å². The molecule has 1 aromatic heterocycles. The molecule has 0 spiro atoms. The molecule has 1 amide bonds. The number of aromatic nitrogens is 2. The second-order valence-electron chi connectivity index (χ2n) is 7.48. The summed E-state index contributed by atoms with van der Waals surface area (Å²) < 4.78 is 5.92. The second-order valence-corrected chi connectivity index (χ2v) is 7.48. The number of carboxylic acid groups (broad SMARTS) is 1. The minimum atomic E-state index is -0.906. The summed E-state index contributed by atoms with van der Waals surface area (Å²) in [7, 11) is 0. The van der Waals surface area contributed by atoms with Gasteiger partial charge < -0.3 is 30.4 Å². The van der Waals surface area contributed by atoms with Gasteiger partial charge in [-0.05, 0) is 36.8 Å². The minimum absolute atomic E-state index is 0.0852. The summed E-state index contributed by atoms with van der Waals surface area (Å²) in [6, 6.07) is 15.1. The van der Waals surface area contributed by atoms with Crippen LogP contribution in [0.25, 0.3) is 0 Å². The van der Waals surface area contributed by atoms with Gasteiger partial charge in [0, 0.05) is 36.7 Å². The van der Waals surface area contributed by atoms with Gasteiger partial charge in [0.05, 0.1) is 18.7 Å². The number of nitrogens with zero attached hydrogens (tertiary/aromatic N) is 2. The Morgan fingerprint density at radius 2 is 2.06 bits per heavy atom. The van der Waals surface area contributed by atoms with Crippen LogP contribution < -0.4 is 20.3 Å². The third kappa shape index (κ3) is 5.37. The molecule has 0 saturated heterocycles. The van der Waals surface area contributed by atoms with Crippen LogP contribution >= 0.6 is 0 Å². The topological polar surface area (TPSA) is 120 Å². The summed E-state index contributed by atoms with van der Waals surface area (Å²) in [5.41, 5.74) is 2.38. The number of carbonyl (C=O) groups excluding carboxylic acids is 1. The molecular formula is C23H25N5O4. The van der Waals surface area contributed by atoms with E-state index in [0.717, 1.165) is 11.4 Å². The van der Waals surface area contributed by atoms with Crippen molar-refractivity contribution in [2.24, 2.45) is 0 Å². The van der Waals surface area contributed by atoms with Crippen molar-refractivity contribution in [3.8, 4) is 5.75 Å². The number of ether oxygens (including phenoxy) is 1. The van der Waals surface area contributed by atoms with E-state index in [1.807, 2.05) is 41.3 Å². The third-order valence-electron chi connectivity index (χ3n) is 5.05. The number of benzene rings is 2. The number of fused-ring (bicyclic) bond motifs is 1. The molecule has 0 fully saturated rings. The highest BCUT2D eigenvalue weighted by molar-refractivity contribution is 5.92. The fraction of sp³-hybridized carbons (Fsp3) is 0.261. The van der Waals surface area contributed by atoms with Gasteiger partial charge >= 0.3 is 5.97 Å². The highest BCUT2D eigenvalue weighted by atomic mass is 16.5. The molecule has 1 unspecified atom stereocenters. The lowest BCUT2D eigenvalue weighted by atomic mass is 10.1. The molecular weight excluding hydrogens is 410 g/mol. The minimum Gasteiger partial charge on any atom is -0.486 e. The van der Waals surface area contributed by atoms with Crippen molar-refractivity contribution in [2.45, 2.75) is 25.4 Å². The molecule has 1 aliphatic heterocycles. The number of hydrogen-bond donors (Lipinski definition) is 4. The van der Waals surface area contributed by atoms with Gasteiger partial charge in [-0.3, -0.25) is 9.59 Å². The number of para-hydroxylation sites is 1. The predicted octanol–water partition coefficient (Wildman–Crippen LogP) is 3.61. The van der Waals surface area contributed by atoms with E-state index in [-0.39, 0.29) is 12.3 Å². The lowest BCUT2D eigenvalue weighted by molar-refractivity contribution is -0.138. The van der Waals surface area contributed by atoms with Crippen molar-refractivity contribution in [2.75, 3.05) is 28.6 Å². The van der Waals surface area contributed by atoms with E-state index in [0.29, 0.717) is 43.3 Å². The predicted molar refractivity (Wildman–Crippen MR) is 121 cm³/mol. The van der Waals surface area contributed by atoms with Crippen molar-refractivity contribution in [1.82, 2.24) is 9.97 Å². The summed E-state index contributed by atoms with van der Waals surface area (Å²) in [4.78, 5) is 32.7. The smallest absolute Gasteiger partial charge is 0.307 e. The van der Waals surface area contributed by atoms with E-state index < -0.39 is 12.1 Å². The summed E-state index contributed by atoms with van der Waals surface area (Å²) in [6.07, 6.45) is 3.86. The van der Waals surface area contributed by atoms with Gasteiger partial charge in [-0.1, -0.05) is 18.2 Å². The molecule has 0 saturated carbocycles. The lowest BCUT2D eigenvalue weighted by Crippen LogP contribution is -2.38. The number of amides is 1. The molecule has 0 aliphatic carbocycles. The average Bonchev–Trinajstić information content (AvgIpc) is 3.30. The van der Waals surface area contributed by atoms with Gasteiger partial charge in [0.1, 0.15) is 11.9 Å². The molecule has 1 atom stereocenters. The van der Waals surface area contributed by atoms with Crippen LogP contribution in [0.5, 0.6) is 5.75 Å². The Labute approximate surface area is 185 Å². The summed E-state index contributed by atoms with van der Waals surface area (Å²) in [5, 5.41) is 15.2. The van der Waals surface area contributed by atoms with E-state index >= 15 is 0 Å². The molecule has 2 aromatic carbocycles. The van der Waals surface area contributed by atoms with Crippen LogP contribution in [0.4, 0.5) is 23.0 Å². The SMILES string of the molecule is O=C(O)CC1CN(c2ccccc2)c2cc(NC(=O)CCCNc3ncc[nH]3)ccc2O1. The largest absolute Gasteiger partial charge is 0.486 e. The highest BCUT2D eigenvalue weighted by Crippen LogP contribution is 2.40. The van der Waals surface area contributed by atoms with Crippen LogP contribution in [0, 0.1) is 0 Å². The van der Waals surface area contributed by atoms with Crippen molar-refractivity contribution >= 4 is 34.9 Å². The molecule has 32 heavy (non-hydrogen) atoms. The Morgan fingerprint density at radius 3 is 2.81 bits per heavy atom. The van der Waals surface area contributed by atoms with Gasteiger partial charge in [-0.15, -0.1) is 0 Å². The first kappa shape index (κ1) is 21.2. The Hall–Kier alpha value is -4.01. The van der Waals surface area contributed by atoms with Crippen molar-refractivity contribution in [1.29, 1.82) is 0 Å². The van der Waals surface area contributed by atoms with E-state index in [2.05, 4.69) is 20.6 Å². The molecule has 166 valence electrons. The van der Waals surface area contributed by atoms with Gasteiger partial charge in [-0.25, -0.2) is 4.98 Å². The fourth-order valence-corrected chi connectivity index (χ4v) is 3.62. The van der Waals surface area contributed by atoms with E-state index in [4.69, 9.17) is 4.74 Å². The molecule has 1 aliphatic rings. The number of imidazole rings is 1. The summed E-state index contributed by atoms with van der Waals surface area (Å²) >= 11 is 0. The van der Waals surface area contributed by atoms with Gasteiger partial charge in [0.15, 0.2) is 5.95 Å². The van der Waals surface area contributed by atoms with Crippen LogP contribution in [0.15, 0.2) is 60.9 Å². The van der Waals surface area contributed by atoms with Gasteiger partial charge in [0.25, 0.3) is 0 Å². The molecule has 9 nitrogen and oxygen atoms in total. The van der Waals surface area contributed by atoms with Crippen molar-refractivity contribution < 1.29 is 19.4 Å². The Morgan fingerprint density at radius 1 is 1.22 bits per heavy atom. The number of aromatic amines is 1.